The molecule has 0 atom stereocenters. The molecule has 1 aliphatic rings. The second-order valence-electron chi connectivity index (χ2n) is 5.07. The quantitative estimate of drug-likeness (QED) is 0.662. The Morgan fingerprint density at radius 1 is 1.05 bits per heavy atom. The maximum atomic E-state index is 5.69. The Bertz CT molecular complexity index is 588. The van der Waals surface area contributed by atoms with Gasteiger partial charge in [0.2, 0.25) is 0 Å². The van der Waals surface area contributed by atoms with Crippen molar-refractivity contribution in [2.45, 2.75) is 36.6 Å². The van der Waals surface area contributed by atoms with Gasteiger partial charge in [0.05, 0.1) is 0 Å². The molecule has 3 N–H and O–H groups in total. The number of benzene rings is 2. The van der Waals surface area contributed by atoms with Crippen molar-refractivity contribution in [3.63, 3.8) is 0 Å². The molecule has 0 bridgehead atoms. The minimum atomic E-state index is 0.671. The highest BCUT2D eigenvalue weighted by Gasteiger charge is 2.15. The lowest BCUT2D eigenvalue weighted by Gasteiger charge is -2.12. The maximum absolute atomic E-state index is 5.69. The number of rotatable bonds is 4. The van der Waals surface area contributed by atoms with E-state index in [1.807, 2.05) is 0 Å². The summed E-state index contributed by atoms with van der Waals surface area (Å²) in [6.07, 6.45) is 7.01. The molecule has 2 aromatic rings. The lowest BCUT2D eigenvalue weighted by Crippen LogP contribution is -2.30. The summed E-state index contributed by atoms with van der Waals surface area (Å²) in [7, 11) is 0. The van der Waals surface area contributed by atoms with Gasteiger partial charge in [-0.1, -0.05) is 37.1 Å². The van der Waals surface area contributed by atoms with Crippen molar-refractivity contribution in [1.29, 1.82) is 0 Å². The van der Waals surface area contributed by atoms with E-state index in [9.17, 15) is 0 Å². The van der Waals surface area contributed by atoms with Crippen LogP contribution in [0.4, 0.5) is 0 Å². The summed E-state index contributed by atoms with van der Waals surface area (Å²) in [5.74, 6) is 0. The second kappa shape index (κ2) is 5.76. The first-order chi connectivity index (χ1) is 9.38. The standard InChI is InChI=1S/C16H18N2S/c17-11-12-9-10-16(15-8-4-3-7-14(12)15)19-18-13-5-1-2-6-13/h3-4,7-11,13,17-18H,1-2,5-6H2/p+1. The molecule has 1 saturated carbocycles. The first-order valence-electron chi connectivity index (χ1n) is 6.87. The Morgan fingerprint density at radius 2 is 1.79 bits per heavy atom. The monoisotopic (exact) mass is 271 g/mol. The molecule has 19 heavy (non-hydrogen) atoms. The SMILES string of the molecule is [NH2+]=Cc1ccc(SNC2CCCC2)c2ccccc12. The number of hydrogen-bond donors (Lipinski definition) is 2. The summed E-state index contributed by atoms with van der Waals surface area (Å²) < 4.78 is 3.60. The van der Waals surface area contributed by atoms with Gasteiger partial charge in [0.15, 0.2) is 6.21 Å². The number of nitrogens with one attached hydrogen (secondary N) is 1. The van der Waals surface area contributed by atoms with Crippen molar-refractivity contribution in [2.75, 3.05) is 0 Å². The Kier molecular flexibility index (Phi) is 3.85. The normalized spacial score (nSPS) is 16.0. The highest BCUT2D eigenvalue weighted by atomic mass is 32.2. The van der Waals surface area contributed by atoms with Crippen molar-refractivity contribution in [2.24, 2.45) is 0 Å². The zero-order valence-electron chi connectivity index (χ0n) is 10.9. The Hall–Kier alpha value is -1.32. The third-order valence-electron chi connectivity index (χ3n) is 3.79. The third-order valence-corrected chi connectivity index (χ3v) is 4.82. The molecule has 0 heterocycles. The van der Waals surface area contributed by atoms with Crippen molar-refractivity contribution in [3.8, 4) is 0 Å². The van der Waals surface area contributed by atoms with Crippen LogP contribution in [0.3, 0.4) is 0 Å². The van der Waals surface area contributed by atoms with Crippen LogP contribution < -0.4 is 10.1 Å². The second-order valence-corrected chi connectivity index (χ2v) is 5.95. The molecule has 2 aromatic carbocycles. The summed E-state index contributed by atoms with van der Waals surface area (Å²) >= 11 is 1.76. The molecule has 3 rings (SSSR count). The van der Waals surface area contributed by atoms with Crippen molar-refractivity contribution >= 4 is 28.9 Å². The maximum Gasteiger partial charge on any atom is 0.168 e. The summed E-state index contributed by atoms with van der Waals surface area (Å²) in [4.78, 5) is 1.29. The molecule has 1 fully saturated rings. The lowest BCUT2D eigenvalue weighted by atomic mass is 10.1. The van der Waals surface area contributed by atoms with Crippen LogP contribution in [0.5, 0.6) is 0 Å². The molecule has 0 aliphatic heterocycles. The van der Waals surface area contributed by atoms with Gasteiger partial charge in [-0.15, -0.1) is 0 Å². The molecule has 0 radical (unpaired) electrons. The molecule has 0 aromatic heterocycles. The van der Waals surface area contributed by atoms with E-state index >= 15 is 0 Å². The molecule has 98 valence electrons. The fraction of sp³-hybridized carbons (Fsp3) is 0.312. The minimum absolute atomic E-state index is 0.671. The van der Waals surface area contributed by atoms with Crippen LogP contribution in [0.15, 0.2) is 41.3 Å². The first kappa shape index (κ1) is 12.7. The highest BCUT2D eigenvalue weighted by Crippen LogP contribution is 2.30. The van der Waals surface area contributed by atoms with Crippen molar-refractivity contribution in [1.82, 2.24) is 4.72 Å². The van der Waals surface area contributed by atoms with E-state index in [0.29, 0.717) is 6.04 Å². The van der Waals surface area contributed by atoms with Gasteiger partial charge in [0.1, 0.15) is 0 Å². The van der Waals surface area contributed by atoms with Crippen LogP contribution in [0, 0.1) is 0 Å². The molecule has 0 spiro atoms. The van der Waals surface area contributed by atoms with Gasteiger partial charge >= 0.3 is 0 Å². The Labute approximate surface area is 118 Å². The van der Waals surface area contributed by atoms with Gasteiger partial charge in [-0.25, -0.2) is 0 Å². The lowest BCUT2D eigenvalue weighted by molar-refractivity contribution is -0.104. The predicted octanol–water partition coefficient (Wildman–Crippen LogP) is 2.56. The predicted molar refractivity (Wildman–Crippen MR) is 82.3 cm³/mol. The summed E-state index contributed by atoms with van der Waals surface area (Å²) in [5.41, 5.74) is 1.10. The third kappa shape index (κ3) is 2.67. The fourth-order valence-electron chi connectivity index (χ4n) is 2.72. The van der Waals surface area contributed by atoms with E-state index in [1.54, 1.807) is 18.2 Å². The van der Waals surface area contributed by atoms with Crippen LogP contribution in [0.2, 0.25) is 0 Å². The smallest absolute Gasteiger partial charge is 0.168 e. The average Bonchev–Trinajstić information content (AvgIpc) is 2.98. The van der Waals surface area contributed by atoms with E-state index in [1.165, 1.54) is 41.4 Å². The zero-order valence-corrected chi connectivity index (χ0v) is 11.7. The number of hydrogen-bond acceptors (Lipinski definition) is 2. The molecule has 0 saturated heterocycles. The van der Waals surface area contributed by atoms with Gasteiger partial charge in [-0.3, -0.25) is 10.1 Å². The molecule has 3 heteroatoms. The summed E-state index contributed by atoms with van der Waals surface area (Å²) in [5, 5.41) is 8.19. The summed E-state index contributed by atoms with van der Waals surface area (Å²) in [6.45, 7) is 0. The molecule has 0 unspecified atom stereocenters. The van der Waals surface area contributed by atoms with Crippen LogP contribution in [0.25, 0.3) is 10.8 Å². The van der Waals surface area contributed by atoms with Gasteiger partial charge in [0, 0.05) is 16.5 Å². The molecule has 0 amide bonds. The highest BCUT2D eigenvalue weighted by molar-refractivity contribution is 7.97. The Balaban J connectivity index is 1.88. The topological polar surface area (TPSA) is 37.6 Å². The van der Waals surface area contributed by atoms with Crippen LogP contribution in [-0.4, -0.2) is 12.3 Å². The number of nitrogens with two attached hydrogens (primary N) is 1. The minimum Gasteiger partial charge on any atom is -0.260 e. The van der Waals surface area contributed by atoms with Gasteiger partial charge in [-0.2, -0.15) is 0 Å². The van der Waals surface area contributed by atoms with Gasteiger partial charge < -0.3 is 0 Å². The molecular weight excluding hydrogens is 252 g/mol. The van der Waals surface area contributed by atoms with E-state index in [0.717, 1.165) is 5.56 Å². The van der Waals surface area contributed by atoms with Crippen LogP contribution >= 0.6 is 11.9 Å². The largest absolute Gasteiger partial charge is 0.260 e. The molecular formula is C16H19N2S+. The van der Waals surface area contributed by atoms with E-state index in [4.69, 9.17) is 5.41 Å². The van der Waals surface area contributed by atoms with Crippen molar-refractivity contribution < 1.29 is 5.41 Å². The van der Waals surface area contributed by atoms with E-state index in [-0.39, 0.29) is 0 Å². The zero-order chi connectivity index (χ0) is 13.1. The molecule has 2 nitrogen and oxygen atoms in total. The number of fused-ring (bicyclic) bond motifs is 1. The average molecular weight is 271 g/mol. The van der Waals surface area contributed by atoms with Gasteiger partial charge in [0.25, 0.3) is 0 Å². The molecule has 1 aliphatic carbocycles. The summed E-state index contributed by atoms with van der Waals surface area (Å²) in [6, 6.07) is 13.4. The Morgan fingerprint density at radius 3 is 2.53 bits per heavy atom. The van der Waals surface area contributed by atoms with E-state index in [2.05, 4.69) is 41.1 Å². The van der Waals surface area contributed by atoms with E-state index < -0.39 is 0 Å². The van der Waals surface area contributed by atoms with Crippen LogP contribution in [-0.2, 0) is 0 Å². The van der Waals surface area contributed by atoms with Gasteiger partial charge in [-0.05, 0) is 47.7 Å². The van der Waals surface area contributed by atoms with Crippen molar-refractivity contribution in [3.05, 3.63) is 42.0 Å². The fourth-order valence-corrected chi connectivity index (χ4v) is 3.67. The van der Waals surface area contributed by atoms with Crippen LogP contribution in [0.1, 0.15) is 31.2 Å². The first-order valence-corrected chi connectivity index (χ1v) is 7.69.